The molecule has 1 aliphatic heterocycles. The molecule has 0 saturated carbocycles. The minimum absolute atomic E-state index is 0.0669. The van der Waals surface area contributed by atoms with Gasteiger partial charge in [-0.05, 0) is 24.3 Å². The molecule has 1 aliphatic rings. The Morgan fingerprint density at radius 2 is 2.09 bits per heavy atom. The van der Waals surface area contributed by atoms with Crippen LogP contribution in [0.25, 0.3) is 0 Å². The number of rotatable bonds is 6. The number of methoxy groups -OCH3 is 1. The van der Waals surface area contributed by atoms with Gasteiger partial charge in [0.25, 0.3) is 5.91 Å². The number of carbonyl (C=O) groups is 1. The Hall–Kier alpha value is -1.44. The molecule has 23 heavy (non-hydrogen) atoms. The number of amides is 1. The van der Waals surface area contributed by atoms with Crippen molar-refractivity contribution in [1.29, 1.82) is 0 Å². The molecule has 0 unspecified atom stereocenters. The van der Waals surface area contributed by atoms with Crippen molar-refractivity contribution in [3.63, 3.8) is 0 Å². The van der Waals surface area contributed by atoms with Crippen LogP contribution >= 0.6 is 0 Å². The first-order chi connectivity index (χ1) is 10.9. The zero-order chi connectivity index (χ0) is 16.9. The van der Waals surface area contributed by atoms with E-state index in [9.17, 15) is 13.2 Å². The van der Waals surface area contributed by atoms with Crippen LogP contribution in [0.5, 0.6) is 0 Å². The van der Waals surface area contributed by atoms with E-state index in [1.807, 2.05) is 30.3 Å². The monoisotopic (exact) mass is 340 g/mol. The van der Waals surface area contributed by atoms with Gasteiger partial charge < -0.3 is 9.64 Å². The molecule has 1 heterocycles. The summed E-state index contributed by atoms with van der Waals surface area (Å²) in [6, 6.07) is 9.40. The first-order valence-corrected chi connectivity index (χ1v) is 9.61. The average molecular weight is 340 g/mol. The first-order valence-electron chi connectivity index (χ1n) is 7.72. The Bertz CT molecular complexity index is 618. The number of nitrogens with one attached hydrogen (secondary N) is 1. The maximum absolute atomic E-state index is 12.7. The van der Waals surface area contributed by atoms with Crippen LogP contribution in [-0.2, 0) is 19.6 Å². The average Bonchev–Trinajstić information content (AvgIpc) is 2.54. The second kappa shape index (κ2) is 7.90. The van der Waals surface area contributed by atoms with Crippen molar-refractivity contribution in [3.8, 4) is 0 Å². The fraction of sp³-hybridized carbons (Fsp3) is 0.562. The van der Waals surface area contributed by atoms with Crippen molar-refractivity contribution in [1.82, 2.24) is 9.62 Å². The second-order valence-corrected chi connectivity index (χ2v) is 7.77. The van der Waals surface area contributed by atoms with Gasteiger partial charge in [-0.2, -0.15) is 0 Å². The van der Waals surface area contributed by atoms with Gasteiger partial charge in [-0.25, -0.2) is 13.1 Å². The van der Waals surface area contributed by atoms with Crippen LogP contribution in [0.3, 0.4) is 0 Å². The Balaban J connectivity index is 2.00. The molecule has 128 valence electrons. The van der Waals surface area contributed by atoms with Crippen LogP contribution in [0.15, 0.2) is 30.3 Å². The molecule has 0 spiro atoms. The third-order valence-electron chi connectivity index (χ3n) is 4.03. The molecule has 1 amide bonds. The third-order valence-corrected chi connectivity index (χ3v) is 4.72. The maximum Gasteiger partial charge on any atom is 0.256 e. The zero-order valence-electron chi connectivity index (χ0n) is 13.6. The molecule has 1 aromatic rings. The Morgan fingerprint density at radius 3 is 2.70 bits per heavy atom. The molecule has 0 aromatic heterocycles. The van der Waals surface area contributed by atoms with Crippen molar-refractivity contribution in [3.05, 3.63) is 35.9 Å². The summed E-state index contributed by atoms with van der Waals surface area (Å²) in [5, 5.41) is 0. The number of hydrogen-bond donors (Lipinski definition) is 1. The Labute approximate surface area is 137 Å². The Kier molecular flexibility index (Phi) is 6.15. The van der Waals surface area contributed by atoms with Gasteiger partial charge >= 0.3 is 0 Å². The fourth-order valence-electron chi connectivity index (χ4n) is 2.87. The lowest BCUT2D eigenvalue weighted by molar-refractivity contribution is -0.144. The largest absolute Gasteiger partial charge is 0.367 e. The predicted molar refractivity (Wildman–Crippen MR) is 88.3 cm³/mol. The molecule has 6 nitrogen and oxygen atoms in total. The van der Waals surface area contributed by atoms with E-state index >= 15 is 0 Å². The highest BCUT2D eigenvalue weighted by Crippen LogP contribution is 2.23. The summed E-state index contributed by atoms with van der Waals surface area (Å²) in [6.45, 7) is 1.60. The number of piperidine rings is 1. The first kappa shape index (κ1) is 17.9. The number of likely N-dealkylation sites (tertiary alicyclic amines) is 1. The highest BCUT2D eigenvalue weighted by atomic mass is 32.2. The van der Waals surface area contributed by atoms with Gasteiger partial charge in [-0.15, -0.1) is 0 Å². The molecule has 0 aliphatic carbocycles. The number of carbonyl (C=O) groups excluding carboxylic acids is 1. The van der Waals surface area contributed by atoms with Gasteiger partial charge in [-0.1, -0.05) is 30.3 Å². The van der Waals surface area contributed by atoms with Crippen molar-refractivity contribution in [2.24, 2.45) is 5.92 Å². The molecular weight excluding hydrogens is 316 g/mol. The van der Waals surface area contributed by atoms with Gasteiger partial charge in [0.15, 0.2) is 6.10 Å². The summed E-state index contributed by atoms with van der Waals surface area (Å²) < 4.78 is 30.4. The van der Waals surface area contributed by atoms with Gasteiger partial charge in [0.1, 0.15) is 0 Å². The fourth-order valence-corrected chi connectivity index (χ4v) is 3.41. The van der Waals surface area contributed by atoms with E-state index in [0.29, 0.717) is 19.6 Å². The van der Waals surface area contributed by atoms with Crippen molar-refractivity contribution in [2.45, 2.75) is 18.9 Å². The van der Waals surface area contributed by atoms with Crippen LogP contribution in [0.4, 0.5) is 0 Å². The highest BCUT2D eigenvalue weighted by Gasteiger charge is 2.30. The van der Waals surface area contributed by atoms with Crippen LogP contribution in [-0.4, -0.2) is 52.2 Å². The summed E-state index contributed by atoms with van der Waals surface area (Å²) in [6.07, 6.45) is 2.31. The molecule has 1 saturated heterocycles. The second-order valence-electron chi connectivity index (χ2n) is 5.94. The summed E-state index contributed by atoms with van der Waals surface area (Å²) in [5.41, 5.74) is 0.830. The van der Waals surface area contributed by atoms with E-state index < -0.39 is 16.1 Å². The smallest absolute Gasteiger partial charge is 0.256 e. The van der Waals surface area contributed by atoms with E-state index in [1.54, 1.807) is 4.90 Å². The standard InChI is InChI=1S/C16H24N2O4S/c1-22-15(14-8-4-3-5-9-14)16(19)18-10-6-7-13(12-18)11-17-23(2,20)21/h3-5,8-9,13,15,17H,6-7,10-12H2,1-2H3/t13-,15+/m0/s1. The van der Waals surface area contributed by atoms with Gasteiger partial charge in [0.05, 0.1) is 6.26 Å². The summed E-state index contributed by atoms with van der Waals surface area (Å²) >= 11 is 0. The molecule has 2 rings (SSSR count). The Morgan fingerprint density at radius 1 is 1.39 bits per heavy atom. The minimum atomic E-state index is -3.20. The molecule has 7 heteroatoms. The van der Waals surface area contributed by atoms with E-state index in [0.717, 1.165) is 24.7 Å². The van der Waals surface area contributed by atoms with Crippen LogP contribution < -0.4 is 4.72 Å². The van der Waals surface area contributed by atoms with Crippen LogP contribution in [0.1, 0.15) is 24.5 Å². The predicted octanol–water partition coefficient (Wildman–Crippen LogP) is 1.16. The lowest BCUT2D eigenvalue weighted by Crippen LogP contribution is -2.45. The topological polar surface area (TPSA) is 75.7 Å². The highest BCUT2D eigenvalue weighted by molar-refractivity contribution is 7.88. The molecule has 0 bridgehead atoms. The van der Waals surface area contributed by atoms with E-state index in [1.165, 1.54) is 7.11 Å². The molecule has 1 aromatic carbocycles. The van der Waals surface area contributed by atoms with Crippen molar-refractivity contribution >= 4 is 15.9 Å². The van der Waals surface area contributed by atoms with Crippen molar-refractivity contribution in [2.75, 3.05) is 33.0 Å². The number of sulfonamides is 1. The SMILES string of the molecule is CO[C@@H](C(=O)N1CCC[C@@H](CNS(C)(=O)=O)C1)c1ccccc1. The summed E-state index contributed by atoms with van der Waals surface area (Å²) in [4.78, 5) is 14.5. The van der Waals surface area contributed by atoms with Gasteiger partial charge in [0.2, 0.25) is 10.0 Å². The van der Waals surface area contributed by atoms with E-state index in [4.69, 9.17) is 4.74 Å². The molecule has 0 radical (unpaired) electrons. The quantitative estimate of drug-likeness (QED) is 0.843. The molecular formula is C16H24N2O4S. The maximum atomic E-state index is 12.7. The summed E-state index contributed by atoms with van der Waals surface area (Å²) in [5.74, 6) is 0.0680. The normalized spacial score (nSPS) is 20.3. The minimum Gasteiger partial charge on any atom is -0.367 e. The molecule has 1 fully saturated rings. The van der Waals surface area contributed by atoms with E-state index in [-0.39, 0.29) is 11.8 Å². The lowest BCUT2D eigenvalue weighted by atomic mass is 9.97. The molecule has 2 atom stereocenters. The number of benzene rings is 1. The summed E-state index contributed by atoms with van der Waals surface area (Å²) in [7, 11) is -1.67. The molecule has 1 N–H and O–H groups in total. The number of hydrogen-bond acceptors (Lipinski definition) is 4. The van der Waals surface area contributed by atoms with Crippen molar-refractivity contribution < 1.29 is 17.9 Å². The lowest BCUT2D eigenvalue weighted by Gasteiger charge is -2.34. The third kappa shape index (κ3) is 5.30. The van der Waals surface area contributed by atoms with Crippen LogP contribution in [0.2, 0.25) is 0 Å². The number of nitrogens with zero attached hydrogens (tertiary/aromatic N) is 1. The zero-order valence-corrected chi connectivity index (χ0v) is 14.4. The van der Waals surface area contributed by atoms with E-state index in [2.05, 4.69) is 4.72 Å². The van der Waals surface area contributed by atoms with Gasteiger partial charge in [-0.3, -0.25) is 4.79 Å². The van der Waals surface area contributed by atoms with Gasteiger partial charge in [0, 0.05) is 26.7 Å². The van der Waals surface area contributed by atoms with Crippen LogP contribution in [0, 0.1) is 5.92 Å². The number of ether oxygens (including phenoxy) is 1.